The number of carbonyl (C=O) groups excluding carboxylic acids is 2. The molecular formula is C16H21FN4O5S. The van der Waals surface area contributed by atoms with Crippen LogP contribution in [0.5, 0.6) is 0 Å². The molecule has 27 heavy (non-hydrogen) atoms. The first-order valence-corrected chi connectivity index (χ1v) is 10.3. The first-order chi connectivity index (χ1) is 12.7. The third-order valence-electron chi connectivity index (χ3n) is 4.81. The van der Waals surface area contributed by atoms with Gasteiger partial charge in [-0.1, -0.05) is 0 Å². The number of hydrogen-bond donors (Lipinski definition) is 2. The maximum absolute atomic E-state index is 13.8. The van der Waals surface area contributed by atoms with Crippen molar-refractivity contribution >= 4 is 21.8 Å². The quantitative estimate of drug-likeness (QED) is 0.690. The van der Waals surface area contributed by atoms with Gasteiger partial charge in [-0.2, -0.15) is 4.31 Å². The summed E-state index contributed by atoms with van der Waals surface area (Å²) in [7, 11) is -3.62. The SMILES string of the molecule is CS(=O)(=O)N1CC(NC(=O)c2ccncc2F)C(=O)NC2(CCOCC2)C1. The van der Waals surface area contributed by atoms with Crippen LogP contribution in [0.15, 0.2) is 18.5 Å². The molecule has 2 aliphatic heterocycles. The molecule has 3 heterocycles. The van der Waals surface area contributed by atoms with Gasteiger partial charge in [-0.3, -0.25) is 14.6 Å². The Labute approximate surface area is 156 Å². The monoisotopic (exact) mass is 400 g/mol. The highest BCUT2D eigenvalue weighted by Crippen LogP contribution is 2.25. The Morgan fingerprint density at radius 3 is 2.78 bits per heavy atom. The van der Waals surface area contributed by atoms with Crippen LogP contribution in [0.25, 0.3) is 0 Å². The zero-order valence-electron chi connectivity index (χ0n) is 14.8. The van der Waals surface area contributed by atoms with Gasteiger partial charge in [-0.25, -0.2) is 12.8 Å². The Morgan fingerprint density at radius 1 is 1.44 bits per heavy atom. The molecule has 0 aliphatic carbocycles. The van der Waals surface area contributed by atoms with Crippen molar-refractivity contribution in [3.63, 3.8) is 0 Å². The Bertz CT molecular complexity index is 841. The number of sulfonamides is 1. The normalized spacial score (nSPS) is 23.5. The summed E-state index contributed by atoms with van der Waals surface area (Å²) in [6.45, 7) is 0.664. The number of amides is 2. The molecule has 11 heteroatoms. The van der Waals surface area contributed by atoms with Gasteiger partial charge in [0.2, 0.25) is 15.9 Å². The molecule has 0 radical (unpaired) electrons. The van der Waals surface area contributed by atoms with Gasteiger partial charge in [0, 0.05) is 32.5 Å². The van der Waals surface area contributed by atoms with Gasteiger partial charge in [-0.15, -0.1) is 0 Å². The standard InChI is InChI=1S/C16H21FN4O5S/c1-27(24,25)21-9-13(19-14(22)11-2-5-18-8-12(11)17)15(23)20-16(10-21)3-6-26-7-4-16/h2,5,8,13H,3-4,6-7,9-10H2,1H3,(H,19,22)(H,20,23). The van der Waals surface area contributed by atoms with Crippen LogP contribution in [-0.2, 0) is 19.6 Å². The minimum absolute atomic E-state index is 0.0942. The van der Waals surface area contributed by atoms with E-state index in [1.165, 1.54) is 16.6 Å². The predicted molar refractivity (Wildman–Crippen MR) is 92.8 cm³/mol. The van der Waals surface area contributed by atoms with Crippen LogP contribution in [0.1, 0.15) is 23.2 Å². The average Bonchev–Trinajstić information content (AvgIpc) is 2.73. The minimum Gasteiger partial charge on any atom is -0.381 e. The molecule has 148 valence electrons. The molecule has 1 aromatic heterocycles. The van der Waals surface area contributed by atoms with Crippen molar-refractivity contribution in [3.05, 3.63) is 29.8 Å². The summed E-state index contributed by atoms with van der Waals surface area (Å²) in [6, 6.07) is 0.0372. The molecule has 2 fully saturated rings. The molecule has 0 saturated carbocycles. The van der Waals surface area contributed by atoms with Gasteiger partial charge in [0.05, 0.1) is 23.6 Å². The third kappa shape index (κ3) is 4.42. The Hall–Kier alpha value is -2.11. The summed E-state index contributed by atoms with van der Waals surface area (Å²) in [5, 5.41) is 5.31. The number of rotatable bonds is 3. The third-order valence-corrected chi connectivity index (χ3v) is 6.03. The summed E-state index contributed by atoms with van der Waals surface area (Å²) in [5.74, 6) is -2.15. The van der Waals surface area contributed by atoms with E-state index in [1.807, 2.05) is 0 Å². The smallest absolute Gasteiger partial charge is 0.255 e. The summed E-state index contributed by atoms with van der Waals surface area (Å²) < 4.78 is 44.7. The lowest BCUT2D eigenvalue weighted by Crippen LogP contribution is -2.58. The van der Waals surface area contributed by atoms with Gasteiger partial charge in [0.25, 0.3) is 5.91 Å². The van der Waals surface area contributed by atoms with Crippen molar-refractivity contribution in [2.75, 3.05) is 32.6 Å². The van der Waals surface area contributed by atoms with Crippen molar-refractivity contribution in [1.82, 2.24) is 19.9 Å². The molecule has 1 unspecified atom stereocenters. The van der Waals surface area contributed by atoms with Crippen molar-refractivity contribution in [2.24, 2.45) is 0 Å². The number of pyridine rings is 1. The maximum Gasteiger partial charge on any atom is 0.255 e. The van der Waals surface area contributed by atoms with Gasteiger partial charge in [0.15, 0.2) is 5.82 Å². The Kier molecular flexibility index (Phi) is 5.45. The Balaban J connectivity index is 1.85. The summed E-state index contributed by atoms with van der Waals surface area (Å²) in [6.07, 6.45) is 4.12. The highest BCUT2D eigenvalue weighted by atomic mass is 32.2. The van der Waals surface area contributed by atoms with Crippen LogP contribution in [0, 0.1) is 5.82 Å². The van der Waals surface area contributed by atoms with Crippen LogP contribution < -0.4 is 10.6 Å². The number of ether oxygens (including phenoxy) is 1. The fourth-order valence-electron chi connectivity index (χ4n) is 3.28. The van der Waals surface area contributed by atoms with E-state index in [9.17, 15) is 22.4 Å². The van der Waals surface area contributed by atoms with E-state index < -0.39 is 39.2 Å². The number of carbonyl (C=O) groups is 2. The molecule has 2 N–H and O–H groups in total. The predicted octanol–water partition coefficient (Wildman–Crippen LogP) is -0.740. The molecular weight excluding hydrogens is 379 g/mol. The van der Waals surface area contributed by atoms with E-state index in [-0.39, 0.29) is 18.7 Å². The second-order valence-electron chi connectivity index (χ2n) is 6.82. The zero-order chi connectivity index (χ0) is 19.7. The molecule has 0 bridgehead atoms. The minimum atomic E-state index is -3.62. The molecule has 9 nitrogen and oxygen atoms in total. The van der Waals surface area contributed by atoms with Crippen molar-refractivity contribution in [3.8, 4) is 0 Å². The van der Waals surface area contributed by atoms with Gasteiger partial charge in [0.1, 0.15) is 6.04 Å². The lowest BCUT2D eigenvalue weighted by molar-refractivity contribution is -0.125. The molecule has 3 rings (SSSR count). The van der Waals surface area contributed by atoms with Crippen molar-refractivity contribution in [1.29, 1.82) is 0 Å². The van der Waals surface area contributed by atoms with Crippen molar-refractivity contribution in [2.45, 2.75) is 24.4 Å². The maximum atomic E-state index is 13.8. The van der Waals surface area contributed by atoms with E-state index in [4.69, 9.17) is 4.74 Å². The van der Waals surface area contributed by atoms with E-state index in [1.54, 1.807) is 0 Å². The van der Waals surface area contributed by atoms with E-state index in [2.05, 4.69) is 15.6 Å². The van der Waals surface area contributed by atoms with Gasteiger partial charge in [-0.05, 0) is 18.9 Å². The van der Waals surface area contributed by atoms with E-state index in [0.717, 1.165) is 12.5 Å². The van der Waals surface area contributed by atoms with E-state index in [0.29, 0.717) is 26.1 Å². The van der Waals surface area contributed by atoms with Gasteiger partial charge >= 0.3 is 0 Å². The lowest BCUT2D eigenvalue weighted by Gasteiger charge is -2.38. The van der Waals surface area contributed by atoms with E-state index >= 15 is 0 Å². The van der Waals surface area contributed by atoms with Crippen LogP contribution >= 0.6 is 0 Å². The van der Waals surface area contributed by atoms with Gasteiger partial charge < -0.3 is 15.4 Å². The van der Waals surface area contributed by atoms with Crippen molar-refractivity contribution < 1.29 is 27.1 Å². The summed E-state index contributed by atoms with van der Waals surface area (Å²) in [5.41, 5.74) is -1.02. The van der Waals surface area contributed by atoms with Crippen LogP contribution in [0.2, 0.25) is 0 Å². The number of nitrogens with one attached hydrogen (secondary N) is 2. The van der Waals surface area contributed by atoms with Crippen LogP contribution in [-0.4, -0.2) is 73.7 Å². The molecule has 2 amide bonds. The van der Waals surface area contributed by atoms with Crippen LogP contribution in [0.4, 0.5) is 4.39 Å². The average molecular weight is 400 g/mol. The molecule has 1 atom stereocenters. The van der Waals surface area contributed by atoms with Crippen LogP contribution in [0.3, 0.4) is 0 Å². The number of nitrogens with zero attached hydrogens (tertiary/aromatic N) is 2. The molecule has 1 aromatic rings. The number of hydrogen-bond acceptors (Lipinski definition) is 6. The highest BCUT2D eigenvalue weighted by molar-refractivity contribution is 7.88. The summed E-state index contributed by atoms with van der Waals surface area (Å²) in [4.78, 5) is 28.7. The molecule has 2 aliphatic rings. The molecule has 2 saturated heterocycles. The highest BCUT2D eigenvalue weighted by Gasteiger charge is 2.44. The number of aromatic nitrogens is 1. The number of halogens is 1. The fraction of sp³-hybridized carbons (Fsp3) is 0.562. The summed E-state index contributed by atoms with van der Waals surface area (Å²) >= 11 is 0. The largest absolute Gasteiger partial charge is 0.381 e. The zero-order valence-corrected chi connectivity index (χ0v) is 15.6. The topological polar surface area (TPSA) is 118 Å². The molecule has 0 aromatic carbocycles. The lowest BCUT2D eigenvalue weighted by atomic mass is 9.90. The first kappa shape index (κ1) is 19.6. The fourth-order valence-corrected chi connectivity index (χ4v) is 4.18. The molecule has 1 spiro atoms. The first-order valence-electron chi connectivity index (χ1n) is 8.45. The Morgan fingerprint density at radius 2 is 2.15 bits per heavy atom. The second-order valence-corrected chi connectivity index (χ2v) is 8.80. The second kappa shape index (κ2) is 7.49.